The molecule has 15 heavy (non-hydrogen) atoms. The highest BCUT2D eigenvalue weighted by Gasteiger charge is 2.41. The van der Waals surface area contributed by atoms with E-state index in [1.165, 1.54) is 25.7 Å². The Morgan fingerprint density at radius 2 is 1.73 bits per heavy atom. The van der Waals surface area contributed by atoms with Gasteiger partial charge in [-0.25, -0.2) is 0 Å². The Balaban J connectivity index is 2.38. The summed E-state index contributed by atoms with van der Waals surface area (Å²) in [6.07, 6.45) is 5.36. The predicted octanol–water partition coefficient (Wildman–Crippen LogP) is 2.14. The van der Waals surface area contributed by atoms with E-state index in [2.05, 4.69) is 36.4 Å². The minimum absolute atomic E-state index is 0.560. The standard InChI is InChI=1S/C12H25N3/c1-4-7-12(8-9-12)10-15-11(13-5-2)14-6-3/h4-10H2,1-3H3,(H2,13,14,15). The van der Waals surface area contributed by atoms with Crippen molar-refractivity contribution in [3.8, 4) is 0 Å². The van der Waals surface area contributed by atoms with Gasteiger partial charge in [-0.15, -0.1) is 0 Å². The molecule has 0 saturated heterocycles. The number of nitrogens with one attached hydrogen (secondary N) is 2. The third-order valence-electron chi connectivity index (χ3n) is 3.00. The van der Waals surface area contributed by atoms with Crippen LogP contribution in [-0.2, 0) is 0 Å². The van der Waals surface area contributed by atoms with E-state index >= 15 is 0 Å². The predicted molar refractivity (Wildman–Crippen MR) is 66.2 cm³/mol. The second kappa shape index (κ2) is 5.99. The van der Waals surface area contributed by atoms with Crippen LogP contribution in [0.1, 0.15) is 46.5 Å². The molecule has 1 saturated carbocycles. The second-order valence-electron chi connectivity index (χ2n) is 4.48. The fourth-order valence-corrected chi connectivity index (χ4v) is 1.95. The Labute approximate surface area is 93.7 Å². The Morgan fingerprint density at radius 3 is 2.13 bits per heavy atom. The van der Waals surface area contributed by atoms with Gasteiger partial charge in [0.2, 0.25) is 0 Å². The molecule has 0 aliphatic heterocycles. The zero-order chi connectivity index (χ0) is 11.1. The molecule has 3 heteroatoms. The fourth-order valence-electron chi connectivity index (χ4n) is 1.95. The van der Waals surface area contributed by atoms with Crippen LogP contribution in [0.25, 0.3) is 0 Å². The topological polar surface area (TPSA) is 36.4 Å². The maximum Gasteiger partial charge on any atom is 0.191 e. The highest BCUT2D eigenvalue weighted by atomic mass is 15.2. The lowest BCUT2D eigenvalue weighted by Gasteiger charge is -2.13. The summed E-state index contributed by atoms with van der Waals surface area (Å²) in [5.41, 5.74) is 0.560. The van der Waals surface area contributed by atoms with Gasteiger partial charge in [0.05, 0.1) is 0 Å². The summed E-state index contributed by atoms with van der Waals surface area (Å²) in [6.45, 7) is 9.34. The Hall–Kier alpha value is -0.730. The number of guanidine groups is 1. The molecule has 0 spiro atoms. The van der Waals surface area contributed by atoms with E-state index in [4.69, 9.17) is 0 Å². The summed E-state index contributed by atoms with van der Waals surface area (Å²) < 4.78 is 0. The van der Waals surface area contributed by atoms with Crippen LogP contribution in [0, 0.1) is 5.41 Å². The molecule has 0 aromatic rings. The van der Waals surface area contributed by atoms with Gasteiger partial charge in [0.1, 0.15) is 0 Å². The van der Waals surface area contributed by atoms with Gasteiger partial charge in [0.25, 0.3) is 0 Å². The van der Waals surface area contributed by atoms with E-state index in [9.17, 15) is 0 Å². The normalized spacial score (nSPS) is 17.0. The first-order valence-corrected chi connectivity index (χ1v) is 6.28. The lowest BCUT2D eigenvalue weighted by Crippen LogP contribution is -2.37. The lowest BCUT2D eigenvalue weighted by atomic mass is 10.0. The first-order chi connectivity index (χ1) is 7.26. The molecule has 0 bridgehead atoms. The van der Waals surface area contributed by atoms with Gasteiger partial charge in [-0.3, -0.25) is 4.99 Å². The summed E-state index contributed by atoms with van der Waals surface area (Å²) in [5, 5.41) is 6.53. The van der Waals surface area contributed by atoms with Crippen LogP contribution in [0.2, 0.25) is 0 Å². The van der Waals surface area contributed by atoms with Crippen molar-refractivity contribution in [2.75, 3.05) is 19.6 Å². The van der Waals surface area contributed by atoms with Crippen LogP contribution in [0.5, 0.6) is 0 Å². The van der Waals surface area contributed by atoms with E-state index in [0.29, 0.717) is 5.41 Å². The van der Waals surface area contributed by atoms with Gasteiger partial charge in [0, 0.05) is 19.6 Å². The summed E-state index contributed by atoms with van der Waals surface area (Å²) >= 11 is 0. The molecule has 0 aromatic carbocycles. The Bertz CT molecular complexity index is 199. The first kappa shape index (κ1) is 12.3. The van der Waals surface area contributed by atoms with Crippen molar-refractivity contribution in [1.82, 2.24) is 10.6 Å². The molecular formula is C12H25N3. The summed E-state index contributed by atoms with van der Waals surface area (Å²) in [5.74, 6) is 0.974. The zero-order valence-corrected chi connectivity index (χ0v) is 10.4. The van der Waals surface area contributed by atoms with Gasteiger partial charge in [-0.05, 0) is 38.5 Å². The van der Waals surface area contributed by atoms with Crippen molar-refractivity contribution >= 4 is 5.96 Å². The van der Waals surface area contributed by atoms with Gasteiger partial charge >= 0.3 is 0 Å². The van der Waals surface area contributed by atoms with Crippen LogP contribution in [0.4, 0.5) is 0 Å². The molecule has 1 fully saturated rings. The molecule has 1 aliphatic rings. The lowest BCUT2D eigenvalue weighted by molar-refractivity contribution is 0.471. The third kappa shape index (κ3) is 4.10. The highest BCUT2D eigenvalue weighted by Crippen LogP contribution is 2.49. The number of aliphatic imine (C=N–C) groups is 1. The van der Waals surface area contributed by atoms with Gasteiger partial charge in [0.15, 0.2) is 5.96 Å². The molecule has 0 atom stereocenters. The molecule has 0 radical (unpaired) electrons. The molecule has 2 N–H and O–H groups in total. The van der Waals surface area contributed by atoms with E-state index in [-0.39, 0.29) is 0 Å². The van der Waals surface area contributed by atoms with Gasteiger partial charge in [-0.1, -0.05) is 13.3 Å². The minimum atomic E-state index is 0.560. The van der Waals surface area contributed by atoms with Crippen LogP contribution in [-0.4, -0.2) is 25.6 Å². The molecule has 0 unspecified atom stereocenters. The summed E-state index contributed by atoms with van der Waals surface area (Å²) in [4.78, 5) is 4.65. The average molecular weight is 211 g/mol. The van der Waals surface area contributed by atoms with Crippen molar-refractivity contribution in [3.63, 3.8) is 0 Å². The van der Waals surface area contributed by atoms with Crippen LogP contribution in [0.15, 0.2) is 4.99 Å². The molecular weight excluding hydrogens is 186 g/mol. The average Bonchev–Trinajstić information content (AvgIpc) is 2.97. The quantitative estimate of drug-likeness (QED) is 0.521. The largest absolute Gasteiger partial charge is 0.357 e. The monoisotopic (exact) mass is 211 g/mol. The fraction of sp³-hybridized carbons (Fsp3) is 0.917. The molecule has 0 amide bonds. The summed E-state index contributed by atoms with van der Waals surface area (Å²) in [7, 11) is 0. The molecule has 88 valence electrons. The van der Waals surface area contributed by atoms with E-state index in [0.717, 1.165) is 25.6 Å². The van der Waals surface area contributed by atoms with Crippen molar-refractivity contribution in [1.29, 1.82) is 0 Å². The van der Waals surface area contributed by atoms with Crippen LogP contribution < -0.4 is 10.6 Å². The van der Waals surface area contributed by atoms with E-state index in [1.807, 2.05) is 0 Å². The summed E-state index contributed by atoms with van der Waals surface area (Å²) in [6, 6.07) is 0. The number of hydrogen-bond acceptors (Lipinski definition) is 1. The van der Waals surface area contributed by atoms with Crippen molar-refractivity contribution in [2.45, 2.75) is 46.5 Å². The molecule has 1 aliphatic carbocycles. The highest BCUT2D eigenvalue weighted by molar-refractivity contribution is 5.79. The molecule has 0 heterocycles. The van der Waals surface area contributed by atoms with Crippen molar-refractivity contribution < 1.29 is 0 Å². The SMILES string of the molecule is CCCC1(CN=C(NCC)NCC)CC1. The maximum absolute atomic E-state index is 4.65. The second-order valence-corrected chi connectivity index (χ2v) is 4.48. The zero-order valence-electron chi connectivity index (χ0n) is 10.4. The molecule has 0 aromatic heterocycles. The van der Waals surface area contributed by atoms with Crippen molar-refractivity contribution in [2.24, 2.45) is 10.4 Å². The van der Waals surface area contributed by atoms with Crippen molar-refractivity contribution in [3.05, 3.63) is 0 Å². The third-order valence-corrected chi connectivity index (χ3v) is 3.00. The number of nitrogens with zero attached hydrogens (tertiary/aromatic N) is 1. The number of rotatable bonds is 6. The Kier molecular flexibility index (Phi) is 4.92. The van der Waals surface area contributed by atoms with Gasteiger partial charge in [-0.2, -0.15) is 0 Å². The number of hydrogen-bond donors (Lipinski definition) is 2. The van der Waals surface area contributed by atoms with Crippen LogP contribution >= 0.6 is 0 Å². The minimum Gasteiger partial charge on any atom is -0.357 e. The smallest absolute Gasteiger partial charge is 0.191 e. The van der Waals surface area contributed by atoms with E-state index < -0.39 is 0 Å². The molecule has 1 rings (SSSR count). The maximum atomic E-state index is 4.65. The van der Waals surface area contributed by atoms with Crippen LogP contribution in [0.3, 0.4) is 0 Å². The first-order valence-electron chi connectivity index (χ1n) is 6.28. The Morgan fingerprint density at radius 1 is 1.13 bits per heavy atom. The molecule has 3 nitrogen and oxygen atoms in total. The van der Waals surface area contributed by atoms with Gasteiger partial charge < -0.3 is 10.6 Å². The van der Waals surface area contributed by atoms with E-state index in [1.54, 1.807) is 0 Å².